The van der Waals surface area contributed by atoms with Gasteiger partial charge in [-0.05, 0) is 25.7 Å². The maximum atomic E-state index is 12.6. The second kappa shape index (κ2) is 4.16. The van der Waals surface area contributed by atoms with Crippen molar-refractivity contribution < 1.29 is 18.3 Å². The average Bonchev–Trinajstić information content (AvgIpc) is 2.87. The van der Waals surface area contributed by atoms with Crippen LogP contribution < -0.4 is 5.32 Å². The van der Waals surface area contributed by atoms with Crippen molar-refractivity contribution in [3.63, 3.8) is 0 Å². The van der Waals surface area contributed by atoms with Crippen LogP contribution in [0.3, 0.4) is 0 Å². The zero-order valence-electron chi connectivity index (χ0n) is 9.06. The van der Waals surface area contributed by atoms with Crippen molar-refractivity contribution in [2.45, 2.75) is 38.2 Å². The molecule has 1 aliphatic carbocycles. The first-order valence-corrected chi connectivity index (χ1v) is 5.67. The normalized spacial score (nSPS) is 29.6. The highest BCUT2D eigenvalue weighted by molar-refractivity contribution is 4.98. The van der Waals surface area contributed by atoms with Gasteiger partial charge >= 0.3 is 6.18 Å². The third-order valence-electron chi connectivity index (χ3n) is 3.63. The lowest BCUT2D eigenvalue weighted by Gasteiger charge is -2.22. The van der Waals surface area contributed by atoms with Gasteiger partial charge in [0.15, 0.2) is 6.35 Å². The first-order chi connectivity index (χ1) is 7.45. The molecule has 2 rings (SSSR count). The highest BCUT2D eigenvalue weighted by Crippen LogP contribution is 2.60. The van der Waals surface area contributed by atoms with Crippen molar-refractivity contribution in [2.75, 3.05) is 19.6 Å². The molecular weight excluding hydrogens is 221 g/mol. The monoisotopic (exact) mass is 238 g/mol. The Morgan fingerprint density at radius 2 is 2.06 bits per heavy atom. The van der Waals surface area contributed by atoms with Gasteiger partial charge in [0.1, 0.15) is 0 Å². The first-order valence-electron chi connectivity index (χ1n) is 5.67. The van der Waals surface area contributed by atoms with Gasteiger partial charge in [0.2, 0.25) is 0 Å². The van der Waals surface area contributed by atoms with E-state index in [1.54, 1.807) is 4.90 Å². The number of nitrogens with one attached hydrogen (secondary N) is 1. The van der Waals surface area contributed by atoms with Gasteiger partial charge in [0, 0.05) is 19.6 Å². The highest BCUT2D eigenvalue weighted by Gasteiger charge is 2.62. The Morgan fingerprint density at radius 1 is 1.38 bits per heavy atom. The van der Waals surface area contributed by atoms with Crippen LogP contribution in [0, 0.1) is 5.41 Å². The summed E-state index contributed by atoms with van der Waals surface area (Å²) < 4.78 is 37.8. The van der Waals surface area contributed by atoms with Crippen molar-refractivity contribution in [3.05, 3.63) is 0 Å². The van der Waals surface area contributed by atoms with E-state index in [1.807, 2.05) is 0 Å². The fourth-order valence-electron chi connectivity index (χ4n) is 2.27. The predicted octanol–water partition coefficient (Wildman–Crippen LogP) is 1.29. The number of nitrogens with zero attached hydrogens (tertiary/aromatic N) is 1. The molecule has 1 heterocycles. The van der Waals surface area contributed by atoms with Gasteiger partial charge in [0.05, 0.1) is 5.41 Å². The molecule has 0 aromatic heterocycles. The van der Waals surface area contributed by atoms with E-state index in [0.717, 1.165) is 0 Å². The molecule has 0 aromatic carbocycles. The van der Waals surface area contributed by atoms with E-state index in [9.17, 15) is 18.3 Å². The summed E-state index contributed by atoms with van der Waals surface area (Å²) in [4.78, 5) is 1.77. The fourth-order valence-corrected chi connectivity index (χ4v) is 2.27. The Kier molecular flexibility index (Phi) is 3.16. The highest BCUT2D eigenvalue weighted by atomic mass is 19.4. The number of hydrogen-bond donors (Lipinski definition) is 2. The Hall–Kier alpha value is -0.330. The predicted molar refractivity (Wildman–Crippen MR) is 52.5 cm³/mol. The summed E-state index contributed by atoms with van der Waals surface area (Å²) in [7, 11) is 0. The Bertz CT molecular complexity index is 253. The molecular formula is C10H17F3N2O. The number of halogens is 3. The van der Waals surface area contributed by atoms with Gasteiger partial charge in [-0.25, -0.2) is 0 Å². The number of alkyl halides is 3. The topological polar surface area (TPSA) is 35.5 Å². The maximum absolute atomic E-state index is 12.6. The Balaban J connectivity index is 1.72. The van der Waals surface area contributed by atoms with Crippen molar-refractivity contribution in [2.24, 2.45) is 5.41 Å². The van der Waals surface area contributed by atoms with Crippen molar-refractivity contribution in [3.8, 4) is 0 Å². The summed E-state index contributed by atoms with van der Waals surface area (Å²) >= 11 is 0. The third-order valence-corrected chi connectivity index (χ3v) is 3.63. The van der Waals surface area contributed by atoms with Crippen molar-refractivity contribution >= 4 is 0 Å². The molecule has 1 saturated heterocycles. The zero-order valence-corrected chi connectivity index (χ0v) is 9.06. The third kappa shape index (κ3) is 2.33. The molecule has 1 atom stereocenters. The summed E-state index contributed by atoms with van der Waals surface area (Å²) in [6.07, 6.45) is -3.48. The molecule has 6 heteroatoms. The van der Waals surface area contributed by atoms with Crippen LogP contribution in [-0.2, 0) is 0 Å². The van der Waals surface area contributed by atoms with E-state index >= 15 is 0 Å². The van der Waals surface area contributed by atoms with E-state index < -0.39 is 17.9 Å². The minimum Gasteiger partial charge on any atom is -0.365 e. The van der Waals surface area contributed by atoms with Crippen molar-refractivity contribution in [1.82, 2.24) is 10.2 Å². The molecule has 1 aliphatic heterocycles. The number of aliphatic hydroxyl groups excluding tert-OH is 1. The quantitative estimate of drug-likeness (QED) is 0.774. The average molecular weight is 238 g/mol. The Labute approximate surface area is 92.6 Å². The largest absolute Gasteiger partial charge is 0.394 e. The summed E-state index contributed by atoms with van der Waals surface area (Å²) in [5.41, 5.74) is -1.40. The maximum Gasteiger partial charge on any atom is 0.394 e. The van der Waals surface area contributed by atoms with Gasteiger partial charge < -0.3 is 5.11 Å². The van der Waals surface area contributed by atoms with Crippen molar-refractivity contribution in [1.29, 1.82) is 0 Å². The Morgan fingerprint density at radius 3 is 2.50 bits per heavy atom. The second-order valence-corrected chi connectivity index (χ2v) is 4.75. The van der Waals surface area contributed by atoms with Gasteiger partial charge in [-0.15, -0.1) is 0 Å². The molecule has 2 aliphatic rings. The molecule has 0 aromatic rings. The van der Waals surface area contributed by atoms with E-state index in [0.29, 0.717) is 26.1 Å². The molecule has 94 valence electrons. The number of rotatable bonds is 4. The van der Waals surface area contributed by atoms with E-state index in [-0.39, 0.29) is 19.3 Å². The molecule has 0 spiro atoms. The van der Waals surface area contributed by atoms with E-state index in [1.165, 1.54) is 0 Å². The van der Waals surface area contributed by atoms with E-state index in [2.05, 4.69) is 5.32 Å². The fraction of sp³-hybridized carbons (Fsp3) is 1.00. The van der Waals surface area contributed by atoms with Crippen LogP contribution in [0.25, 0.3) is 0 Å². The zero-order chi connectivity index (χ0) is 11.8. The lowest BCUT2D eigenvalue weighted by Crippen LogP contribution is -2.36. The molecule has 0 radical (unpaired) electrons. The van der Waals surface area contributed by atoms with Gasteiger partial charge in [0.25, 0.3) is 0 Å². The molecule has 0 amide bonds. The standard InChI is InChI=1S/C10H17F3N2O/c11-10(12,13)9(3-4-9)2-1-6-15-7-5-14-8(15)16/h8,14,16H,1-7H2. The van der Waals surface area contributed by atoms with Gasteiger partial charge in [-0.1, -0.05) is 0 Å². The van der Waals surface area contributed by atoms with Gasteiger partial charge in [-0.2, -0.15) is 13.2 Å². The SMILES string of the molecule is OC1NCCN1CCCC1(C(F)(F)F)CC1. The van der Waals surface area contributed by atoms with Crippen LogP contribution in [0.15, 0.2) is 0 Å². The lowest BCUT2D eigenvalue weighted by atomic mass is 9.99. The molecule has 0 bridgehead atoms. The summed E-state index contributed by atoms with van der Waals surface area (Å²) in [5.74, 6) is 0. The first kappa shape index (κ1) is 12.1. The lowest BCUT2D eigenvalue weighted by molar-refractivity contribution is -0.189. The van der Waals surface area contributed by atoms with E-state index in [4.69, 9.17) is 0 Å². The molecule has 2 fully saturated rings. The summed E-state index contributed by atoms with van der Waals surface area (Å²) in [6, 6.07) is 0. The minimum absolute atomic E-state index is 0.194. The summed E-state index contributed by atoms with van der Waals surface area (Å²) in [5, 5.41) is 12.2. The second-order valence-electron chi connectivity index (χ2n) is 4.75. The van der Waals surface area contributed by atoms with Crippen LogP contribution in [0.2, 0.25) is 0 Å². The van der Waals surface area contributed by atoms with Crippen LogP contribution in [0.4, 0.5) is 13.2 Å². The minimum atomic E-state index is -4.05. The van der Waals surface area contributed by atoms with Crippen LogP contribution in [-0.4, -0.2) is 42.2 Å². The number of hydrogen-bond acceptors (Lipinski definition) is 3. The molecule has 3 nitrogen and oxygen atoms in total. The van der Waals surface area contributed by atoms with Crippen LogP contribution in [0.1, 0.15) is 25.7 Å². The summed E-state index contributed by atoms with van der Waals surface area (Å²) in [6.45, 7) is 1.94. The van der Waals surface area contributed by atoms with Gasteiger partial charge in [-0.3, -0.25) is 10.2 Å². The number of aliphatic hydroxyl groups is 1. The smallest absolute Gasteiger partial charge is 0.365 e. The molecule has 2 N–H and O–H groups in total. The molecule has 1 unspecified atom stereocenters. The molecule has 1 saturated carbocycles. The molecule has 16 heavy (non-hydrogen) atoms. The van der Waals surface area contributed by atoms with Crippen LogP contribution in [0.5, 0.6) is 0 Å². The van der Waals surface area contributed by atoms with Crippen LogP contribution >= 0.6 is 0 Å².